The fraction of sp³-hybridized carbons (Fsp3) is 0.833. The molecule has 2 aliphatic rings. The third-order valence-electron chi connectivity index (χ3n) is 5.92. The molecule has 0 unspecified atom stereocenters. The molecule has 0 radical (unpaired) electrons. The Balaban J connectivity index is 1.84. The first-order chi connectivity index (χ1) is 14.9. The third kappa shape index (κ3) is 6.23. The van der Waals surface area contributed by atoms with Crippen molar-refractivity contribution in [2.75, 3.05) is 19.7 Å². The van der Waals surface area contributed by atoms with E-state index in [0.717, 1.165) is 43.8 Å². The Hall–Kier alpha value is -2.12. The number of carbonyl (C=O) groups excluding carboxylic acids is 2. The Morgan fingerprint density at radius 3 is 2.31 bits per heavy atom. The van der Waals surface area contributed by atoms with Gasteiger partial charge in [-0.2, -0.15) is 0 Å². The van der Waals surface area contributed by atoms with Gasteiger partial charge >= 0.3 is 12.1 Å². The van der Waals surface area contributed by atoms with E-state index < -0.39 is 17.6 Å². The van der Waals surface area contributed by atoms with Crippen LogP contribution in [-0.4, -0.2) is 57.0 Å². The number of esters is 1. The molecule has 8 nitrogen and oxygen atoms in total. The zero-order chi connectivity index (χ0) is 23.7. The molecule has 1 saturated carbocycles. The molecule has 0 aromatic carbocycles. The molecule has 1 aromatic rings. The van der Waals surface area contributed by atoms with E-state index in [-0.39, 0.29) is 23.8 Å². The molecule has 2 fully saturated rings. The van der Waals surface area contributed by atoms with Gasteiger partial charge in [0, 0.05) is 25.6 Å². The average molecular weight is 449 g/mol. The zero-order valence-electron chi connectivity index (χ0n) is 20.8. The van der Waals surface area contributed by atoms with Crippen molar-refractivity contribution in [1.82, 2.24) is 19.7 Å². The quantitative estimate of drug-likeness (QED) is 0.571. The lowest BCUT2D eigenvalue weighted by Crippen LogP contribution is -2.36. The van der Waals surface area contributed by atoms with Gasteiger partial charge in [-0.1, -0.05) is 20.8 Å². The molecule has 1 saturated heterocycles. The van der Waals surface area contributed by atoms with Gasteiger partial charge in [0.2, 0.25) is 0 Å². The van der Waals surface area contributed by atoms with Crippen LogP contribution in [0.25, 0.3) is 0 Å². The Labute approximate surface area is 192 Å². The second-order valence-electron chi connectivity index (χ2n) is 11.3. The Morgan fingerprint density at radius 2 is 1.75 bits per heavy atom. The highest BCUT2D eigenvalue weighted by Crippen LogP contribution is 2.42. The molecule has 2 heterocycles. The number of aryl methyl sites for hydroxylation is 1. The minimum absolute atomic E-state index is 0.244. The number of carbonyl (C=O) groups is 2. The summed E-state index contributed by atoms with van der Waals surface area (Å²) in [6, 6.07) is 0.392. The second kappa shape index (κ2) is 9.40. The van der Waals surface area contributed by atoms with Gasteiger partial charge in [-0.25, -0.2) is 4.79 Å². The van der Waals surface area contributed by atoms with Crippen molar-refractivity contribution >= 4 is 12.1 Å². The van der Waals surface area contributed by atoms with Crippen LogP contribution in [0.1, 0.15) is 97.8 Å². The minimum Gasteiger partial charge on any atom is -0.466 e. The fourth-order valence-corrected chi connectivity index (χ4v) is 4.30. The Kier molecular flexibility index (Phi) is 7.20. The summed E-state index contributed by atoms with van der Waals surface area (Å²) >= 11 is 0. The van der Waals surface area contributed by atoms with E-state index >= 15 is 0 Å². The molecule has 2 atom stereocenters. The van der Waals surface area contributed by atoms with Crippen LogP contribution < -0.4 is 0 Å². The maximum Gasteiger partial charge on any atom is 0.410 e. The predicted molar refractivity (Wildman–Crippen MR) is 121 cm³/mol. The molecule has 8 heteroatoms. The summed E-state index contributed by atoms with van der Waals surface area (Å²) in [5.41, 5.74) is -0.315. The monoisotopic (exact) mass is 448 g/mol. The molecule has 1 aliphatic carbocycles. The number of likely N-dealkylation sites (tertiary alicyclic amines) is 1. The van der Waals surface area contributed by atoms with Crippen molar-refractivity contribution in [3.05, 3.63) is 11.6 Å². The molecule has 3 rings (SSSR count). The molecule has 1 amide bonds. The summed E-state index contributed by atoms with van der Waals surface area (Å²) in [7, 11) is 0. The summed E-state index contributed by atoms with van der Waals surface area (Å²) in [6.07, 6.45) is 4.82. The predicted octanol–water partition coefficient (Wildman–Crippen LogP) is 4.50. The maximum absolute atomic E-state index is 12.8. The van der Waals surface area contributed by atoms with Crippen LogP contribution in [0.15, 0.2) is 0 Å². The molecule has 32 heavy (non-hydrogen) atoms. The molecule has 0 N–H and O–H groups in total. The lowest BCUT2D eigenvalue weighted by atomic mass is 9.90. The lowest BCUT2D eigenvalue weighted by Gasteiger charge is -2.24. The van der Waals surface area contributed by atoms with Crippen LogP contribution in [0.4, 0.5) is 4.79 Å². The minimum atomic E-state index is -0.594. The molecule has 180 valence electrons. The van der Waals surface area contributed by atoms with Crippen molar-refractivity contribution in [3.63, 3.8) is 0 Å². The highest BCUT2D eigenvalue weighted by atomic mass is 16.6. The third-order valence-corrected chi connectivity index (χ3v) is 5.92. The van der Waals surface area contributed by atoms with E-state index in [1.807, 2.05) is 20.8 Å². The van der Waals surface area contributed by atoms with E-state index in [9.17, 15) is 9.59 Å². The van der Waals surface area contributed by atoms with E-state index in [0.29, 0.717) is 19.2 Å². The topological polar surface area (TPSA) is 86.6 Å². The van der Waals surface area contributed by atoms with Gasteiger partial charge in [0.25, 0.3) is 0 Å². The van der Waals surface area contributed by atoms with Gasteiger partial charge in [-0.3, -0.25) is 4.79 Å². The summed E-state index contributed by atoms with van der Waals surface area (Å²) in [5.74, 6) is 0.799. The molecule has 0 spiro atoms. The number of nitrogens with zero attached hydrogens (tertiary/aromatic N) is 4. The first-order valence-electron chi connectivity index (χ1n) is 12.0. The highest BCUT2D eigenvalue weighted by molar-refractivity contribution is 5.77. The summed E-state index contributed by atoms with van der Waals surface area (Å²) in [4.78, 5) is 27.2. The first-order valence-corrected chi connectivity index (χ1v) is 12.0. The number of amides is 1. The highest BCUT2D eigenvalue weighted by Gasteiger charge is 2.46. The Bertz CT molecular complexity index is 817. The van der Waals surface area contributed by atoms with Crippen LogP contribution in [0.2, 0.25) is 0 Å². The smallest absolute Gasteiger partial charge is 0.410 e. The average Bonchev–Trinajstić information content (AvgIpc) is 3.24. The molecule has 1 aliphatic heterocycles. The van der Waals surface area contributed by atoms with E-state index in [1.165, 1.54) is 0 Å². The largest absolute Gasteiger partial charge is 0.466 e. The second-order valence-corrected chi connectivity index (χ2v) is 11.3. The van der Waals surface area contributed by atoms with Gasteiger partial charge in [0.15, 0.2) is 0 Å². The number of rotatable bonds is 7. The maximum atomic E-state index is 12.8. The molecular formula is C24H40N4O4. The molecule has 1 aromatic heterocycles. The van der Waals surface area contributed by atoms with Gasteiger partial charge in [0.1, 0.15) is 17.2 Å². The Morgan fingerprint density at radius 1 is 1.06 bits per heavy atom. The lowest BCUT2D eigenvalue weighted by molar-refractivity contribution is -0.148. The van der Waals surface area contributed by atoms with Gasteiger partial charge < -0.3 is 18.9 Å². The number of hydrogen-bond acceptors (Lipinski definition) is 6. The van der Waals surface area contributed by atoms with E-state index in [1.54, 1.807) is 11.8 Å². The van der Waals surface area contributed by atoms with E-state index in [2.05, 4.69) is 35.5 Å². The molecular weight excluding hydrogens is 408 g/mol. The summed E-state index contributed by atoms with van der Waals surface area (Å²) < 4.78 is 13.2. The van der Waals surface area contributed by atoms with Gasteiger partial charge in [0.05, 0.1) is 18.4 Å². The van der Waals surface area contributed by atoms with Crippen LogP contribution in [-0.2, 0) is 20.7 Å². The van der Waals surface area contributed by atoms with Crippen LogP contribution in [0.5, 0.6) is 0 Å². The van der Waals surface area contributed by atoms with Crippen LogP contribution in [0.3, 0.4) is 0 Å². The SMILES string of the molecule is CCOC(=O)[C@H]1CN(C(=O)OC(C)(C)C)C[C@@H]1c1nnc(CCCC(C)(C)C)n1C1CC1. The van der Waals surface area contributed by atoms with Crippen LogP contribution in [0, 0.1) is 11.3 Å². The summed E-state index contributed by atoms with van der Waals surface area (Å²) in [5, 5.41) is 9.10. The standard InChI is InChI=1S/C24H40N4O4/c1-8-31-21(29)18-15-27(22(30)32-24(5,6)7)14-17(18)20-26-25-19(28(20)16-11-12-16)10-9-13-23(2,3)4/h16-18H,8-15H2,1-7H3/t17-,18-/m0/s1. The molecule has 0 bridgehead atoms. The zero-order valence-corrected chi connectivity index (χ0v) is 20.8. The first kappa shape index (κ1) is 24.5. The normalized spacial score (nSPS) is 21.7. The van der Waals surface area contributed by atoms with Crippen molar-refractivity contribution in [2.45, 2.75) is 98.1 Å². The van der Waals surface area contributed by atoms with Gasteiger partial charge in [-0.05, 0) is 58.8 Å². The number of hydrogen-bond donors (Lipinski definition) is 0. The fourth-order valence-electron chi connectivity index (χ4n) is 4.30. The van der Waals surface area contributed by atoms with Crippen LogP contribution >= 0.6 is 0 Å². The van der Waals surface area contributed by atoms with Crippen molar-refractivity contribution < 1.29 is 19.1 Å². The van der Waals surface area contributed by atoms with Gasteiger partial charge in [-0.15, -0.1) is 10.2 Å². The van der Waals surface area contributed by atoms with Crippen molar-refractivity contribution in [2.24, 2.45) is 11.3 Å². The van der Waals surface area contributed by atoms with E-state index in [4.69, 9.17) is 9.47 Å². The summed E-state index contributed by atoms with van der Waals surface area (Å²) in [6.45, 7) is 15.0. The van der Waals surface area contributed by atoms with Crippen molar-refractivity contribution in [1.29, 1.82) is 0 Å². The number of ether oxygens (including phenoxy) is 2. The van der Waals surface area contributed by atoms with Crippen molar-refractivity contribution in [3.8, 4) is 0 Å². The number of aromatic nitrogens is 3.